The van der Waals surface area contributed by atoms with E-state index < -0.39 is 23.1 Å². The van der Waals surface area contributed by atoms with E-state index in [-0.39, 0.29) is 15.9 Å². The van der Waals surface area contributed by atoms with Crippen LogP contribution in [0.25, 0.3) is 5.69 Å². The monoisotopic (exact) mass is 348 g/mol. The molecule has 0 aliphatic rings. The largest absolute Gasteiger partial charge is 0.331 e. The molecule has 3 nitrogen and oxygen atoms in total. The number of hydrogen-bond donors (Lipinski definition) is 1. The molecule has 24 heavy (non-hydrogen) atoms. The van der Waals surface area contributed by atoms with Gasteiger partial charge in [-0.25, -0.2) is 9.18 Å². The van der Waals surface area contributed by atoms with Gasteiger partial charge in [0.2, 0.25) is 0 Å². The molecule has 0 spiro atoms. The van der Waals surface area contributed by atoms with Gasteiger partial charge in [0.15, 0.2) is 0 Å². The van der Waals surface area contributed by atoms with Crippen LogP contribution in [-0.2, 0) is 5.92 Å². The molecular weight excluding hydrogens is 337 g/mol. The maximum Gasteiger partial charge on any atom is 0.331 e. The Balaban J connectivity index is 2.13. The lowest BCUT2D eigenvalue weighted by atomic mass is 10.1. The van der Waals surface area contributed by atoms with E-state index in [9.17, 15) is 18.0 Å². The summed E-state index contributed by atoms with van der Waals surface area (Å²) in [6, 6.07) is 13.2. The summed E-state index contributed by atoms with van der Waals surface area (Å²) in [5, 5.41) is 0. The molecule has 0 radical (unpaired) electrons. The molecule has 0 aliphatic carbocycles. The van der Waals surface area contributed by atoms with E-state index in [1.807, 2.05) is 0 Å². The van der Waals surface area contributed by atoms with Crippen LogP contribution in [0.15, 0.2) is 65.5 Å². The van der Waals surface area contributed by atoms with Crippen molar-refractivity contribution in [2.75, 3.05) is 0 Å². The van der Waals surface area contributed by atoms with Crippen LogP contribution in [0.3, 0.4) is 0 Å². The van der Waals surface area contributed by atoms with Crippen molar-refractivity contribution in [3.63, 3.8) is 0 Å². The Morgan fingerprint density at radius 1 is 1.00 bits per heavy atom. The molecule has 0 atom stereocenters. The number of hydrogen-bond acceptors (Lipinski definition) is 2. The van der Waals surface area contributed by atoms with Crippen LogP contribution < -0.4 is 5.69 Å². The van der Waals surface area contributed by atoms with Crippen LogP contribution in [-0.4, -0.2) is 9.55 Å². The summed E-state index contributed by atoms with van der Waals surface area (Å²) in [6.45, 7) is 0. The first-order valence-corrected chi connectivity index (χ1v) is 7.36. The fourth-order valence-electron chi connectivity index (χ4n) is 2.30. The quantitative estimate of drug-likeness (QED) is 0.721. The second-order valence-electron chi connectivity index (χ2n) is 5.08. The summed E-state index contributed by atoms with van der Waals surface area (Å²) in [7, 11) is 0. The third-order valence-electron chi connectivity index (χ3n) is 3.49. The summed E-state index contributed by atoms with van der Waals surface area (Å²) in [5.74, 6) is -3.87. The van der Waals surface area contributed by atoms with Crippen LogP contribution in [0, 0.1) is 10.5 Å². The summed E-state index contributed by atoms with van der Waals surface area (Å²) in [4.78, 5) is 14.4. The zero-order chi connectivity index (χ0) is 17.3. The molecule has 1 heterocycles. The third-order valence-corrected chi connectivity index (χ3v) is 3.79. The van der Waals surface area contributed by atoms with E-state index >= 15 is 0 Å². The molecule has 0 saturated heterocycles. The molecule has 0 saturated carbocycles. The molecule has 7 heteroatoms. The predicted octanol–water partition coefficient (Wildman–Crippen LogP) is 4.17. The molecule has 3 aromatic rings. The van der Waals surface area contributed by atoms with Crippen LogP contribution in [0.5, 0.6) is 0 Å². The Morgan fingerprint density at radius 3 is 2.21 bits per heavy atom. The standard InChI is InChI=1S/C17H11F3N2OS/c18-12-6-8-13(9-7-12)22-15(24)10-14(21-16(22)23)17(19,20)11-4-2-1-3-5-11/h1-10H,(H,21,23). The molecule has 1 aromatic heterocycles. The summed E-state index contributed by atoms with van der Waals surface area (Å²) >= 11 is 5.08. The van der Waals surface area contributed by atoms with Gasteiger partial charge in [-0.3, -0.25) is 4.57 Å². The highest BCUT2D eigenvalue weighted by Gasteiger charge is 2.35. The Hall–Kier alpha value is -2.67. The maximum atomic E-state index is 14.6. The van der Waals surface area contributed by atoms with Gasteiger partial charge < -0.3 is 4.98 Å². The number of H-pyrrole nitrogens is 1. The van der Waals surface area contributed by atoms with Gasteiger partial charge in [-0.05, 0) is 30.3 Å². The molecule has 2 aromatic carbocycles. The topological polar surface area (TPSA) is 37.8 Å². The van der Waals surface area contributed by atoms with Gasteiger partial charge in [-0.1, -0.05) is 42.5 Å². The second kappa shape index (κ2) is 6.09. The van der Waals surface area contributed by atoms with Crippen molar-refractivity contribution in [3.05, 3.63) is 92.9 Å². The minimum atomic E-state index is -3.39. The molecule has 3 rings (SSSR count). The van der Waals surface area contributed by atoms with Crippen molar-refractivity contribution in [1.29, 1.82) is 0 Å². The number of halogens is 3. The predicted molar refractivity (Wildman–Crippen MR) is 86.6 cm³/mol. The number of nitrogens with zero attached hydrogens (tertiary/aromatic N) is 1. The first-order chi connectivity index (χ1) is 11.4. The van der Waals surface area contributed by atoms with Gasteiger partial charge in [-0.15, -0.1) is 0 Å². The molecule has 0 aliphatic heterocycles. The lowest BCUT2D eigenvalue weighted by molar-refractivity contribution is 0.0374. The van der Waals surface area contributed by atoms with Crippen LogP contribution >= 0.6 is 12.2 Å². The average Bonchev–Trinajstić information content (AvgIpc) is 2.56. The van der Waals surface area contributed by atoms with Crippen LogP contribution in [0.1, 0.15) is 11.3 Å². The fraction of sp³-hybridized carbons (Fsp3) is 0.0588. The zero-order valence-corrected chi connectivity index (χ0v) is 13.0. The van der Waals surface area contributed by atoms with Gasteiger partial charge in [0, 0.05) is 5.56 Å². The van der Waals surface area contributed by atoms with E-state index in [1.54, 1.807) is 6.07 Å². The Morgan fingerprint density at radius 2 is 1.62 bits per heavy atom. The zero-order valence-electron chi connectivity index (χ0n) is 12.2. The van der Waals surface area contributed by atoms with E-state index in [2.05, 4.69) is 4.98 Å². The highest BCUT2D eigenvalue weighted by Crippen LogP contribution is 2.33. The second-order valence-corrected chi connectivity index (χ2v) is 5.50. The lowest BCUT2D eigenvalue weighted by Crippen LogP contribution is -2.28. The SMILES string of the molecule is O=c1[nH]c(C(F)(F)c2ccccc2)cc(=S)n1-c1ccc(F)cc1. The van der Waals surface area contributed by atoms with Crippen molar-refractivity contribution in [3.8, 4) is 5.69 Å². The van der Waals surface area contributed by atoms with Gasteiger partial charge in [-0.2, -0.15) is 8.78 Å². The van der Waals surface area contributed by atoms with Gasteiger partial charge >= 0.3 is 11.6 Å². The molecule has 0 bridgehead atoms. The molecule has 0 unspecified atom stereocenters. The molecule has 0 amide bonds. The summed E-state index contributed by atoms with van der Waals surface area (Å²) in [5.41, 5.74) is -1.38. The number of benzene rings is 2. The van der Waals surface area contributed by atoms with Crippen LogP contribution in [0.4, 0.5) is 13.2 Å². The van der Waals surface area contributed by atoms with Gasteiger partial charge in [0.1, 0.15) is 10.5 Å². The first-order valence-electron chi connectivity index (χ1n) is 6.96. The lowest BCUT2D eigenvalue weighted by Gasteiger charge is -2.17. The molecule has 0 fully saturated rings. The normalized spacial score (nSPS) is 11.5. The average molecular weight is 348 g/mol. The summed E-state index contributed by atoms with van der Waals surface area (Å²) in [6.07, 6.45) is 0. The maximum absolute atomic E-state index is 14.6. The Bertz CT molecular complexity index is 948. The van der Waals surface area contributed by atoms with Crippen molar-refractivity contribution in [1.82, 2.24) is 9.55 Å². The first kappa shape index (κ1) is 16.2. The number of aromatic nitrogens is 2. The summed E-state index contributed by atoms with van der Waals surface area (Å²) < 4.78 is 43.0. The van der Waals surface area contributed by atoms with Crippen LogP contribution in [0.2, 0.25) is 0 Å². The minimum absolute atomic E-state index is 0.101. The molecular formula is C17H11F3N2OS. The van der Waals surface area contributed by atoms with Crippen molar-refractivity contribution in [2.24, 2.45) is 0 Å². The van der Waals surface area contributed by atoms with E-state index in [4.69, 9.17) is 12.2 Å². The van der Waals surface area contributed by atoms with E-state index in [0.717, 1.165) is 22.8 Å². The highest BCUT2D eigenvalue weighted by molar-refractivity contribution is 7.71. The van der Waals surface area contributed by atoms with E-state index in [0.29, 0.717) is 0 Å². The minimum Gasteiger partial charge on any atom is -0.305 e. The third kappa shape index (κ3) is 2.90. The molecule has 1 N–H and O–H groups in total. The number of rotatable bonds is 3. The van der Waals surface area contributed by atoms with E-state index in [1.165, 1.54) is 36.4 Å². The Kier molecular flexibility index (Phi) is 4.11. The van der Waals surface area contributed by atoms with Gasteiger partial charge in [0.25, 0.3) is 0 Å². The van der Waals surface area contributed by atoms with Crippen molar-refractivity contribution in [2.45, 2.75) is 5.92 Å². The molecule has 122 valence electrons. The highest BCUT2D eigenvalue weighted by atomic mass is 32.1. The van der Waals surface area contributed by atoms with Crippen molar-refractivity contribution >= 4 is 12.2 Å². The Labute approximate surface area is 140 Å². The fourth-order valence-corrected chi connectivity index (χ4v) is 2.61. The number of aromatic amines is 1. The number of nitrogens with one attached hydrogen (secondary N) is 1. The smallest absolute Gasteiger partial charge is 0.305 e. The van der Waals surface area contributed by atoms with Crippen molar-refractivity contribution < 1.29 is 13.2 Å². The number of alkyl halides is 2. The van der Waals surface area contributed by atoms with Gasteiger partial charge in [0.05, 0.1) is 11.4 Å².